The van der Waals surface area contributed by atoms with Gasteiger partial charge in [-0.25, -0.2) is 9.97 Å². The minimum absolute atomic E-state index is 0.481. The summed E-state index contributed by atoms with van der Waals surface area (Å²) in [6.07, 6.45) is 1.02. The van der Waals surface area contributed by atoms with Crippen LogP contribution in [0.2, 0.25) is 0 Å². The van der Waals surface area contributed by atoms with Gasteiger partial charge in [0, 0.05) is 34.7 Å². The van der Waals surface area contributed by atoms with Crippen molar-refractivity contribution in [2.24, 2.45) is 0 Å². The van der Waals surface area contributed by atoms with E-state index in [2.05, 4.69) is 33.0 Å². The van der Waals surface area contributed by atoms with E-state index in [1.54, 1.807) is 0 Å². The van der Waals surface area contributed by atoms with Crippen LogP contribution in [0.15, 0.2) is 0 Å². The van der Waals surface area contributed by atoms with Gasteiger partial charge in [-0.05, 0) is 32.4 Å². The lowest BCUT2D eigenvalue weighted by molar-refractivity contribution is 0.587. The summed E-state index contributed by atoms with van der Waals surface area (Å²) >= 11 is 4.02. The van der Waals surface area contributed by atoms with Crippen molar-refractivity contribution in [3.63, 3.8) is 0 Å². The number of nitrogens with one attached hydrogen (secondary N) is 1. The number of nitrogens with zero attached hydrogens (tertiary/aromatic N) is 2. The van der Waals surface area contributed by atoms with Crippen LogP contribution >= 0.6 is 23.5 Å². The summed E-state index contributed by atoms with van der Waals surface area (Å²) in [5, 5.41) is 3.94. The molecule has 0 saturated carbocycles. The van der Waals surface area contributed by atoms with Crippen LogP contribution in [0.4, 0.5) is 0 Å². The monoisotopic (exact) mass is 311 g/mol. The van der Waals surface area contributed by atoms with E-state index in [9.17, 15) is 0 Å². The summed E-state index contributed by atoms with van der Waals surface area (Å²) in [4.78, 5) is 9.56. The number of rotatable bonds is 5. The fourth-order valence-electron chi connectivity index (χ4n) is 2.39. The Labute approximate surface area is 131 Å². The molecule has 112 valence electrons. The zero-order chi connectivity index (χ0) is 14.5. The zero-order valence-electron chi connectivity index (χ0n) is 12.9. The summed E-state index contributed by atoms with van der Waals surface area (Å²) in [6, 6.07) is 0.534. The van der Waals surface area contributed by atoms with Crippen molar-refractivity contribution in [2.75, 3.05) is 23.8 Å². The first-order valence-electron chi connectivity index (χ1n) is 7.34. The smallest absolute Gasteiger partial charge is 0.142 e. The lowest BCUT2D eigenvalue weighted by Crippen LogP contribution is -2.25. The standard InChI is InChI=1S/C15H25N3S2/c1-10(2)16-6-5-13-11(3)17-15(18-12(13)4)14-9-19-7-8-20-14/h10,14,16H,5-9H2,1-4H3. The van der Waals surface area contributed by atoms with Gasteiger partial charge in [0.1, 0.15) is 5.82 Å². The van der Waals surface area contributed by atoms with Gasteiger partial charge in [-0.2, -0.15) is 11.8 Å². The number of hydrogen-bond donors (Lipinski definition) is 1. The molecular weight excluding hydrogens is 286 g/mol. The maximum atomic E-state index is 4.78. The van der Waals surface area contributed by atoms with Gasteiger partial charge < -0.3 is 5.32 Å². The predicted octanol–water partition coefficient (Wildman–Crippen LogP) is 3.16. The predicted molar refractivity (Wildman–Crippen MR) is 90.9 cm³/mol. The van der Waals surface area contributed by atoms with Crippen LogP contribution < -0.4 is 5.32 Å². The molecule has 3 nitrogen and oxygen atoms in total. The van der Waals surface area contributed by atoms with E-state index in [1.165, 1.54) is 17.1 Å². The number of hydrogen-bond acceptors (Lipinski definition) is 5. The second-order valence-electron chi connectivity index (χ2n) is 5.52. The first-order chi connectivity index (χ1) is 9.58. The van der Waals surface area contributed by atoms with Crippen LogP contribution in [0.1, 0.15) is 41.9 Å². The van der Waals surface area contributed by atoms with Crippen molar-refractivity contribution in [1.29, 1.82) is 0 Å². The molecule has 1 aliphatic heterocycles. The molecule has 1 N–H and O–H groups in total. The third-order valence-electron chi connectivity index (χ3n) is 3.47. The number of thioether (sulfide) groups is 2. The SMILES string of the molecule is Cc1nc(C2CSCCS2)nc(C)c1CCNC(C)C. The summed E-state index contributed by atoms with van der Waals surface area (Å²) in [5.74, 6) is 4.67. The van der Waals surface area contributed by atoms with Crippen LogP contribution in [0.5, 0.6) is 0 Å². The quantitative estimate of drug-likeness (QED) is 0.904. The lowest BCUT2D eigenvalue weighted by atomic mass is 10.1. The molecule has 2 heterocycles. The molecule has 0 amide bonds. The van der Waals surface area contributed by atoms with Crippen molar-refractivity contribution in [3.8, 4) is 0 Å². The summed E-state index contributed by atoms with van der Waals surface area (Å²) in [5.41, 5.74) is 3.64. The minimum atomic E-state index is 0.481. The highest BCUT2D eigenvalue weighted by atomic mass is 32.2. The summed E-state index contributed by atoms with van der Waals surface area (Å²) in [6.45, 7) is 9.61. The Morgan fingerprint density at radius 2 is 1.90 bits per heavy atom. The molecule has 0 aliphatic carbocycles. The number of aryl methyl sites for hydroxylation is 2. The molecule has 0 aromatic carbocycles. The normalized spacial score (nSPS) is 19.6. The first-order valence-corrected chi connectivity index (χ1v) is 9.55. The van der Waals surface area contributed by atoms with E-state index in [4.69, 9.17) is 9.97 Å². The molecule has 1 atom stereocenters. The first kappa shape index (κ1) is 16.1. The molecule has 1 aliphatic rings. The Bertz CT molecular complexity index is 420. The van der Waals surface area contributed by atoms with Crippen molar-refractivity contribution < 1.29 is 0 Å². The third kappa shape index (κ3) is 4.37. The van der Waals surface area contributed by atoms with Gasteiger partial charge in [0.05, 0.1) is 5.25 Å². The van der Waals surface area contributed by atoms with Gasteiger partial charge in [0.15, 0.2) is 0 Å². The van der Waals surface area contributed by atoms with E-state index in [-0.39, 0.29) is 0 Å². The Morgan fingerprint density at radius 3 is 2.45 bits per heavy atom. The lowest BCUT2D eigenvalue weighted by Gasteiger charge is -2.21. The highest BCUT2D eigenvalue weighted by Crippen LogP contribution is 2.35. The van der Waals surface area contributed by atoms with Gasteiger partial charge in [0.2, 0.25) is 0 Å². The van der Waals surface area contributed by atoms with E-state index >= 15 is 0 Å². The Hall–Kier alpha value is -0.260. The highest BCUT2D eigenvalue weighted by Gasteiger charge is 2.20. The maximum Gasteiger partial charge on any atom is 0.142 e. The van der Waals surface area contributed by atoms with Crippen LogP contribution in [-0.4, -0.2) is 39.8 Å². The van der Waals surface area contributed by atoms with E-state index < -0.39 is 0 Å². The van der Waals surface area contributed by atoms with E-state index in [0.717, 1.165) is 35.9 Å². The van der Waals surface area contributed by atoms with Gasteiger partial charge in [-0.3, -0.25) is 0 Å². The molecule has 2 rings (SSSR count). The van der Waals surface area contributed by atoms with Crippen LogP contribution in [0, 0.1) is 13.8 Å². The molecule has 1 fully saturated rings. The molecule has 1 unspecified atom stereocenters. The molecule has 1 aromatic heterocycles. The Balaban J connectivity index is 2.07. The van der Waals surface area contributed by atoms with Crippen molar-refractivity contribution in [1.82, 2.24) is 15.3 Å². The van der Waals surface area contributed by atoms with Gasteiger partial charge in [-0.15, -0.1) is 11.8 Å². The van der Waals surface area contributed by atoms with Crippen molar-refractivity contribution in [3.05, 3.63) is 22.8 Å². The molecule has 5 heteroatoms. The Kier molecular flexibility index (Phi) is 6.18. The molecule has 0 radical (unpaired) electrons. The van der Waals surface area contributed by atoms with Crippen LogP contribution in [-0.2, 0) is 6.42 Å². The van der Waals surface area contributed by atoms with Gasteiger partial charge >= 0.3 is 0 Å². The molecular formula is C15H25N3S2. The summed E-state index contributed by atoms with van der Waals surface area (Å²) in [7, 11) is 0. The second-order valence-corrected chi connectivity index (χ2v) is 7.98. The maximum absolute atomic E-state index is 4.78. The molecule has 1 saturated heterocycles. The van der Waals surface area contributed by atoms with E-state index in [0.29, 0.717) is 11.3 Å². The average Bonchev–Trinajstić information content (AvgIpc) is 2.42. The molecule has 0 spiro atoms. The Morgan fingerprint density at radius 1 is 1.20 bits per heavy atom. The number of aromatic nitrogens is 2. The van der Waals surface area contributed by atoms with E-state index in [1.807, 2.05) is 23.5 Å². The third-order valence-corrected chi connectivity index (χ3v) is 6.22. The zero-order valence-corrected chi connectivity index (χ0v) is 14.5. The molecule has 0 bridgehead atoms. The van der Waals surface area contributed by atoms with Crippen molar-refractivity contribution in [2.45, 2.75) is 45.4 Å². The minimum Gasteiger partial charge on any atom is -0.314 e. The fourth-order valence-corrected chi connectivity index (χ4v) is 4.99. The topological polar surface area (TPSA) is 37.8 Å². The van der Waals surface area contributed by atoms with Crippen LogP contribution in [0.25, 0.3) is 0 Å². The van der Waals surface area contributed by atoms with Gasteiger partial charge in [0.25, 0.3) is 0 Å². The highest BCUT2D eigenvalue weighted by molar-refractivity contribution is 8.06. The fraction of sp³-hybridized carbons (Fsp3) is 0.733. The largest absolute Gasteiger partial charge is 0.314 e. The second kappa shape index (κ2) is 7.66. The van der Waals surface area contributed by atoms with Gasteiger partial charge in [-0.1, -0.05) is 13.8 Å². The average molecular weight is 312 g/mol. The molecule has 20 heavy (non-hydrogen) atoms. The summed E-state index contributed by atoms with van der Waals surface area (Å²) < 4.78 is 0. The van der Waals surface area contributed by atoms with Crippen molar-refractivity contribution >= 4 is 23.5 Å². The molecule has 1 aromatic rings. The van der Waals surface area contributed by atoms with Crippen LogP contribution in [0.3, 0.4) is 0 Å².